The number of sulfonamides is 1. The zero-order valence-corrected chi connectivity index (χ0v) is 12.2. The van der Waals surface area contributed by atoms with Crippen LogP contribution in [0.4, 0.5) is 5.69 Å². The molecule has 0 amide bonds. The zero-order valence-electron chi connectivity index (χ0n) is 11.4. The molecule has 2 aromatic rings. The Morgan fingerprint density at radius 1 is 1.14 bits per heavy atom. The molecule has 0 saturated heterocycles. The molecule has 0 saturated carbocycles. The predicted molar refractivity (Wildman–Crippen MR) is 75.7 cm³/mol. The van der Waals surface area contributed by atoms with Crippen LogP contribution in [0, 0.1) is 13.8 Å². The van der Waals surface area contributed by atoms with Gasteiger partial charge in [0, 0.05) is 0 Å². The summed E-state index contributed by atoms with van der Waals surface area (Å²) in [6, 6.07) is 2.68. The highest BCUT2D eigenvalue weighted by Crippen LogP contribution is 2.22. The largest absolute Gasteiger partial charge is 0.478 e. The molecule has 2 N–H and O–H groups in total. The monoisotopic (exact) mass is 307 g/mol. The maximum atomic E-state index is 12.3. The number of aromatic nitrogens is 2. The molecule has 21 heavy (non-hydrogen) atoms. The molecule has 2 rings (SSSR count). The van der Waals surface area contributed by atoms with Gasteiger partial charge in [0.05, 0.1) is 28.5 Å². The van der Waals surface area contributed by atoms with Crippen molar-refractivity contribution in [3.05, 3.63) is 47.5 Å². The first-order valence-electron chi connectivity index (χ1n) is 5.93. The van der Waals surface area contributed by atoms with Crippen LogP contribution < -0.4 is 4.72 Å². The van der Waals surface area contributed by atoms with Gasteiger partial charge in [0.25, 0.3) is 10.0 Å². The van der Waals surface area contributed by atoms with Crippen molar-refractivity contribution in [2.75, 3.05) is 4.72 Å². The van der Waals surface area contributed by atoms with Gasteiger partial charge in [-0.25, -0.2) is 23.2 Å². The van der Waals surface area contributed by atoms with Crippen LogP contribution in [0.3, 0.4) is 0 Å². The van der Waals surface area contributed by atoms with Gasteiger partial charge in [-0.15, -0.1) is 0 Å². The first kappa shape index (κ1) is 14.9. The second-order valence-electron chi connectivity index (χ2n) is 4.47. The number of hydrogen-bond donors (Lipinski definition) is 2. The molecule has 0 atom stereocenters. The van der Waals surface area contributed by atoms with Gasteiger partial charge in [-0.3, -0.25) is 4.72 Å². The van der Waals surface area contributed by atoms with E-state index in [1.54, 1.807) is 13.8 Å². The van der Waals surface area contributed by atoms with E-state index in [9.17, 15) is 13.2 Å². The smallest absolute Gasteiger partial charge is 0.335 e. The molecule has 1 aromatic heterocycles. The van der Waals surface area contributed by atoms with Crippen LogP contribution in [-0.2, 0) is 10.0 Å². The summed E-state index contributed by atoms with van der Waals surface area (Å²) < 4.78 is 27.0. The third-order valence-corrected chi connectivity index (χ3v) is 4.38. The minimum absolute atomic E-state index is 0.0507. The summed E-state index contributed by atoms with van der Waals surface area (Å²) in [5.74, 6) is -1.17. The Hall–Kier alpha value is -2.48. The lowest BCUT2D eigenvalue weighted by atomic mass is 10.1. The Kier molecular flexibility index (Phi) is 3.90. The predicted octanol–water partition coefficient (Wildman–Crippen LogP) is 1.59. The van der Waals surface area contributed by atoms with Crippen LogP contribution in [0.2, 0.25) is 0 Å². The molecule has 0 spiro atoms. The van der Waals surface area contributed by atoms with Crippen LogP contribution >= 0.6 is 0 Å². The highest BCUT2D eigenvalue weighted by atomic mass is 32.2. The summed E-state index contributed by atoms with van der Waals surface area (Å²) in [5, 5.41) is 9.10. The van der Waals surface area contributed by atoms with Gasteiger partial charge in [0.1, 0.15) is 6.33 Å². The Morgan fingerprint density at radius 3 is 2.33 bits per heavy atom. The number of hydrogen-bond acceptors (Lipinski definition) is 5. The molecule has 0 aliphatic rings. The molecule has 8 heteroatoms. The van der Waals surface area contributed by atoms with Gasteiger partial charge in [-0.1, -0.05) is 6.07 Å². The molecule has 0 bridgehead atoms. The molecule has 0 aliphatic heterocycles. The lowest BCUT2D eigenvalue weighted by molar-refractivity contribution is 0.0696. The van der Waals surface area contributed by atoms with Crippen LogP contribution in [0.5, 0.6) is 0 Å². The van der Waals surface area contributed by atoms with Gasteiger partial charge in [0.2, 0.25) is 0 Å². The average molecular weight is 307 g/mol. The van der Waals surface area contributed by atoms with Crippen molar-refractivity contribution >= 4 is 21.7 Å². The Labute approximate surface area is 121 Å². The lowest BCUT2D eigenvalue weighted by Gasteiger charge is -2.12. The van der Waals surface area contributed by atoms with Crippen LogP contribution in [0.25, 0.3) is 0 Å². The van der Waals surface area contributed by atoms with Crippen LogP contribution in [0.1, 0.15) is 21.5 Å². The fourth-order valence-electron chi connectivity index (χ4n) is 1.91. The summed E-state index contributed by atoms with van der Waals surface area (Å²) in [6.45, 7) is 3.22. The molecule has 1 heterocycles. The number of nitrogens with one attached hydrogen (secondary N) is 1. The number of carboxylic acid groups (broad SMARTS) is 1. The Bertz CT molecular complexity index is 789. The van der Waals surface area contributed by atoms with Crippen molar-refractivity contribution < 1.29 is 18.3 Å². The van der Waals surface area contributed by atoms with Crippen LogP contribution in [-0.4, -0.2) is 29.5 Å². The van der Waals surface area contributed by atoms with Crippen molar-refractivity contribution in [1.82, 2.24) is 9.97 Å². The van der Waals surface area contributed by atoms with Gasteiger partial charge >= 0.3 is 5.97 Å². The minimum atomic E-state index is -3.91. The van der Waals surface area contributed by atoms with Crippen molar-refractivity contribution in [1.29, 1.82) is 0 Å². The fourth-order valence-corrected chi connectivity index (χ4v) is 3.20. The van der Waals surface area contributed by atoms with Crippen molar-refractivity contribution in [3.8, 4) is 0 Å². The van der Waals surface area contributed by atoms with Crippen molar-refractivity contribution in [2.45, 2.75) is 18.7 Å². The van der Waals surface area contributed by atoms with Gasteiger partial charge in [-0.05, 0) is 31.0 Å². The normalized spacial score (nSPS) is 11.1. The van der Waals surface area contributed by atoms with E-state index in [1.807, 2.05) is 0 Å². The van der Waals surface area contributed by atoms with E-state index in [4.69, 9.17) is 5.11 Å². The summed E-state index contributed by atoms with van der Waals surface area (Å²) in [5.41, 5.74) is 1.11. The number of benzene rings is 1. The second kappa shape index (κ2) is 5.49. The Balaban J connectivity index is 2.50. The standard InChI is InChI=1S/C13H13N3O4S/c1-8-3-9(2)12(4-11(8)13(17)18)21(19,20)16-10-5-14-7-15-6-10/h3-7,16H,1-2H3,(H,17,18). The summed E-state index contributed by atoms with van der Waals surface area (Å²) in [4.78, 5) is 18.5. The highest BCUT2D eigenvalue weighted by molar-refractivity contribution is 7.92. The molecule has 7 nitrogen and oxygen atoms in total. The SMILES string of the molecule is Cc1cc(C)c(S(=O)(=O)Nc2cncnc2)cc1C(=O)O. The molecule has 110 valence electrons. The molecular formula is C13H13N3O4S. The lowest BCUT2D eigenvalue weighted by Crippen LogP contribution is -2.16. The number of rotatable bonds is 4. The van der Waals surface area contributed by atoms with Gasteiger partial charge in [-0.2, -0.15) is 0 Å². The maximum absolute atomic E-state index is 12.3. The van der Waals surface area contributed by atoms with E-state index in [2.05, 4.69) is 14.7 Å². The second-order valence-corrected chi connectivity index (χ2v) is 6.12. The number of aromatic carboxylic acids is 1. The summed E-state index contributed by atoms with van der Waals surface area (Å²) >= 11 is 0. The number of nitrogens with zero attached hydrogens (tertiary/aromatic N) is 2. The zero-order chi connectivity index (χ0) is 15.6. The minimum Gasteiger partial charge on any atom is -0.478 e. The van der Waals surface area contributed by atoms with E-state index >= 15 is 0 Å². The molecule has 0 unspecified atom stereocenters. The third kappa shape index (κ3) is 3.16. The van der Waals surface area contributed by atoms with E-state index in [0.717, 1.165) is 6.07 Å². The number of carboxylic acids is 1. The molecule has 0 aliphatic carbocycles. The number of aryl methyl sites for hydroxylation is 2. The van der Waals surface area contributed by atoms with E-state index < -0.39 is 16.0 Å². The number of anilines is 1. The summed E-state index contributed by atoms with van der Waals surface area (Å²) in [7, 11) is -3.91. The first-order valence-corrected chi connectivity index (χ1v) is 7.42. The molecule has 0 fully saturated rings. The van der Waals surface area contributed by atoms with Gasteiger partial charge < -0.3 is 5.11 Å². The first-order chi connectivity index (χ1) is 9.81. The van der Waals surface area contributed by atoms with Crippen LogP contribution in [0.15, 0.2) is 35.7 Å². The van der Waals surface area contributed by atoms with E-state index in [0.29, 0.717) is 11.1 Å². The molecule has 0 radical (unpaired) electrons. The number of carbonyl (C=O) groups is 1. The molecular weight excluding hydrogens is 294 g/mol. The molecule has 1 aromatic carbocycles. The maximum Gasteiger partial charge on any atom is 0.335 e. The van der Waals surface area contributed by atoms with E-state index in [-0.39, 0.29) is 16.1 Å². The van der Waals surface area contributed by atoms with Gasteiger partial charge in [0.15, 0.2) is 0 Å². The topological polar surface area (TPSA) is 109 Å². The fraction of sp³-hybridized carbons (Fsp3) is 0.154. The van der Waals surface area contributed by atoms with E-state index in [1.165, 1.54) is 24.8 Å². The quantitative estimate of drug-likeness (QED) is 0.887. The average Bonchev–Trinajstić information content (AvgIpc) is 2.38. The highest BCUT2D eigenvalue weighted by Gasteiger charge is 2.21. The third-order valence-electron chi connectivity index (χ3n) is 2.85. The van der Waals surface area contributed by atoms with Crippen molar-refractivity contribution in [2.24, 2.45) is 0 Å². The van der Waals surface area contributed by atoms with Crippen molar-refractivity contribution in [3.63, 3.8) is 0 Å². The Morgan fingerprint density at radius 2 is 1.76 bits per heavy atom. The summed E-state index contributed by atoms with van der Waals surface area (Å²) in [6.07, 6.45) is 3.90.